The van der Waals surface area contributed by atoms with Gasteiger partial charge in [0.2, 0.25) is 0 Å². The summed E-state index contributed by atoms with van der Waals surface area (Å²) in [6, 6.07) is 0. The third-order valence-electron chi connectivity index (χ3n) is 1.81. The van der Waals surface area contributed by atoms with E-state index in [0.29, 0.717) is 6.54 Å². The van der Waals surface area contributed by atoms with Crippen LogP contribution in [0.1, 0.15) is 40.6 Å². The summed E-state index contributed by atoms with van der Waals surface area (Å²) in [7, 11) is 0. The van der Waals surface area contributed by atoms with Crippen LogP contribution in [0.2, 0.25) is 0 Å². The quantitative estimate of drug-likeness (QED) is 0.781. The fourth-order valence-electron chi connectivity index (χ4n) is 1.16. The van der Waals surface area contributed by atoms with Crippen LogP contribution in [0.4, 0.5) is 0 Å². The molecule has 0 bridgehead atoms. The Bertz CT molecular complexity index is 325. The Labute approximate surface area is 144 Å². The predicted octanol–water partition coefficient (Wildman–Crippen LogP) is -0.0582. The van der Waals surface area contributed by atoms with Crippen molar-refractivity contribution in [3.8, 4) is 0 Å². The van der Waals surface area contributed by atoms with E-state index in [-0.39, 0.29) is 64.1 Å². The first-order valence-corrected chi connectivity index (χ1v) is 5.68. The van der Waals surface area contributed by atoms with E-state index in [2.05, 4.69) is 10.3 Å². The Kier molecular flexibility index (Phi) is 8.55. The van der Waals surface area contributed by atoms with Crippen molar-refractivity contribution in [3.63, 3.8) is 0 Å². The molecule has 1 aromatic heterocycles. The zero-order chi connectivity index (χ0) is 10.6. The fraction of sp³-hybridized carbons (Fsp3) is 0.600. The maximum Gasteiger partial charge on any atom is 1.00 e. The van der Waals surface area contributed by atoms with Gasteiger partial charge in [-0.05, 0) is 13.3 Å². The van der Waals surface area contributed by atoms with Crippen LogP contribution in [0.5, 0.6) is 0 Å². The zero-order valence-electron chi connectivity index (χ0n) is 9.83. The maximum atomic E-state index is 11.6. The molecule has 0 atom stereocenters. The SMILES string of the molecule is CCC[N-]C(=O)c1sc(C)nc1CC.[Rb+]. The van der Waals surface area contributed by atoms with Crippen LogP contribution in [0, 0.1) is 6.92 Å². The van der Waals surface area contributed by atoms with Gasteiger partial charge >= 0.3 is 58.2 Å². The van der Waals surface area contributed by atoms with Gasteiger partial charge in [-0.3, -0.25) is 0 Å². The minimum atomic E-state index is -0.102. The van der Waals surface area contributed by atoms with Crippen molar-refractivity contribution in [3.05, 3.63) is 20.9 Å². The van der Waals surface area contributed by atoms with Crippen molar-refractivity contribution < 1.29 is 63.0 Å². The number of carbonyl (C=O) groups excluding carboxylic acids is 1. The smallest absolute Gasteiger partial charge is 0.648 e. The van der Waals surface area contributed by atoms with Crippen molar-refractivity contribution in [2.24, 2.45) is 0 Å². The number of rotatable bonds is 4. The van der Waals surface area contributed by atoms with E-state index in [0.717, 1.165) is 28.4 Å². The van der Waals surface area contributed by atoms with Gasteiger partial charge < -0.3 is 10.1 Å². The molecule has 15 heavy (non-hydrogen) atoms. The van der Waals surface area contributed by atoms with E-state index in [1.54, 1.807) is 0 Å². The monoisotopic (exact) mass is 296 g/mol. The van der Waals surface area contributed by atoms with Crippen molar-refractivity contribution in [2.45, 2.75) is 33.6 Å². The molecule has 0 aliphatic heterocycles. The largest absolute Gasteiger partial charge is 1.00 e. The molecule has 0 aromatic carbocycles. The van der Waals surface area contributed by atoms with Gasteiger partial charge in [0.25, 0.3) is 0 Å². The van der Waals surface area contributed by atoms with Crippen molar-refractivity contribution in [1.82, 2.24) is 4.98 Å². The van der Waals surface area contributed by atoms with Gasteiger partial charge in [0.15, 0.2) is 0 Å². The molecule has 5 heteroatoms. The molecule has 0 N–H and O–H groups in total. The van der Waals surface area contributed by atoms with E-state index in [4.69, 9.17) is 0 Å². The third kappa shape index (κ3) is 4.73. The van der Waals surface area contributed by atoms with Gasteiger partial charge in [-0.25, -0.2) is 4.98 Å². The molecule has 0 spiro atoms. The number of aromatic nitrogens is 1. The number of hydrogen-bond acceptors (Lipinski definition) is 3. The molecule has 0 aliphatic carbocycles. The van der Waals surface area contributed by atoms with E-state index < -0.39 is 0 Å². The average Bonchev–Trinajstić information content (AvgIpc) is 2.56. The molecule has 0 unspecified atom stereocenters. The topological polar surface area (TPSA) is 44.1 Å². The zero-order valence-corrected chi connectivity index (χ0v) is 15.6. The molecule has 0 radical (unpaired) electrons. The van der Waals surface area contributed by atoms with Crippen LogP contribution in [0.25, 0.3) is 5.32 Å². The summed E-state index contributed by atoms with van der Waals surface area (Å²) in [5.74, 6) is -0.102. The molecule has 1 heterocycles. The number of nitrogens with zero attached hydrogens (tertiary/aromatic N) is 2. The Morgan fingerprint density at radius 2 is 2.13 bits per heavy atom. The molecule has 0 aliphatic rings. The van der Waals surface area contributed by atoms with E-state index in [1.165, 1.54) is 11.3 Å². The first-order chi connectivity index (χ1) is 6.69. The van der Waals surface area contributed by atoms with Crippen LogP contribution in [-0.4, -0.2) is 17.4 Å². The summed E-state index contributed by atoms with van der Waals surface area (Å²) in [5, 5.41) is 4.91. The van der Waals surface area contributed by atoms with Crippen molar-refractivity contribution in [2.75, 3.05) is 6.54 Å². The minimum absolute atomic E-state index is 0. The summed E-state index contributed by atoms with van der Waals surface area (Å²) >= 11 is 1.44. The molecule has 0 saturated heterocycles. The molecular formula is C10H15N2ORbS. The van der Waals surface area contributed by atoms with Crippen LogP contribution >= 0.6 is 11.3 Å². The Hall–Kier alpha value is 0.905. The maximum absolute atomic E-state index is 11.6. The van der Waals surface area contributed by atoms with Crippen LogP contribution < -0.4 is 58.2 Å². The fourth-order valence-corrected chi connectivity index (χ4v) is 2.07. The van der Waals surface area contributed by atoms with Gasteiger partial charge in [-0.15, -0.1) is 17.9 Å². The number of thiazole rings is 1. The predicted molar refractivity (Wildman–Crippen MR) is 59.1 cm³/mol. The van der Waals surface area contributed by atoms with Gasteiger partial charge in [-0.1, -0.05) is 20.3 Å². The molecule has 1 rings (SSSR count). The molecular weight excluding hydrogens is 282 g/mol. The standard InChI is InChI=1S/C10H16N2OS.Rb/c1-4-6-11-10(13)9-8(5-2)12-7(3)14-9;/h4-6H2,1-3H3,(H,11,13);/q;+1/p-1. The first kappa shape index (κ1) is 15.9. The van der Waals surface area contributed by atoms with E-state index in [1.807, 2.05) is 20.8 Å². The normalized spacial score (nSPS) is 9.53. The van der Waals surface area contributed by atoms with E-state index in [9.17, 15) is 4.79 Å². The summed E-state index contributed by atoms with van der Waals surface area (Å²) in [4.78, 5) is 16.6. The summed E-state index contributed by atoms with van der Waals surface area (Å²) < 4.78 is 0. The Morgan fingerprint density at radius 1 is 1.47 bits per heavy atom. The molecule has 3 nitrogen and oxygen atoms in total. The molecule has 1 aromatic rings. The van der Waals surface area contributed by atoms with Crippen molar-refractivity contribution >= 4 is 17.2 Å². The van der Waals surface area contributed by atoms with Gasteiger partial charge in [-0.2, -0.15) is 0 Å². The summed E-state index contributed by atoms with van der Waals surface area (Å²) in [6.07, 6.45) is 1.71. The van der Waals surface area contributed by atoms with Crippen LogP contribution in [-0.2, 0) is 6.42 Å². The molecule has 1 amide bonds. The van der Waals surface area contributed by atoms with Crippen LogP contribution in [0.15, 0.2) is 0 Å². The summed E-state index contributed by atoms with van der Waals surface area (Å²) in [6.45, 7) is 6.54. The van der Waals surface area contributed by atoms with Crippen molar-refractivity contribution in [1.29, 1.82) is 0 Å². The average molecular weight is 297 g/mol. The van der Waals surface area contributed by atoms with Gasteiger partial charge in [0, 0.05) is 0 Å². The second kappa shape index (κ2) is 8.06. The minimum Gasteiger partial charge on any atom is -0.648 e. The summed E-state index contributed by atoms with van der Waals surface area (Å²) in [5.41, 5.74) is 0.886. The Balaban J connectivity index is 0.00000196. The second-order valence-electron chi connectivity index (χ2n) is 3.05. The van der Waals surface area contributed by atoms with E-state index >= 15 is 0 Å². The number of aryl methyl sites for hydroxylation is 2. The molecule has 0 fully saturated rings. The first-order valence-electron chi connectivity index (χ1n) is 4.87. The Morgan fingerprint density at radius 3 is 2.67 bits per heavy atom. The second-order valence-corrected chi connectivity index (χ2v) is 4.25. The van der Waals surface area contributed by atoms with Gasteiger partial charge in [0.1, 0.15) is 0 Å². The molecule has 0 saturated carbocycles. The number of hydrogen-bond donors (Lipinski definition) is 0. The van der Waals surface area contributed by atoms with Gasteiger partial charge in [0.05, 0.1) is 21.5 Å². The third-order valence-corrected chi connectivity index (χ3v) is 2.81. The number of carbonyl (C=O) groups is 1. The number of amides is 1. The molecule has 78 valence electrons. The van der Waals surface area contributed by atoms with Crippen LogP contribution in [0.3, 0.4) is 0 Å².